The van der Waals surface area contributed by atoms with Gasteiger partial charge in [0.25, 0.3) is 11.8 Å². The van der Waals surface area contributed by atoms with E-state index in [9.17, 15) is 24.4 Å². The molecule has 0 saturated carbocycles. The third-order valence-electron chi connectivity index (χ3n) is 6.71. The summed E-state index contributed by atoms with van der Waals surface area (Å²) in [7, 11) is 0.171. The van der Waals surface area contributed by atoms with Crippen molar-refractivity contribution in [1.29, 1.82) is 0 Å². The van der Waals surface area contributed by atoms with Crippen LogP contribution in [0.15, 0.2) is 24.3 Å². The van der Waals surface area contributed by atoms with Gasteiger partial charge in [-0.15, -0.1) is 0 Å². The quantitative estimate of drug-likeness (QED) is 0.101. The Morgan fingerprint density at radius 2 is 1.55 bits per heavy atom. The first-order chi connectivity index (χ1) is 20.3. The molecule has 0 spiro atoms. The minimum absolute atomic E-state index is 0. The van der Waals surface area contributed by atoms with Crippen molar-refractivity contribution < 1.29 is 95.3 Å². The van der Waals surface area contributed by atoms with Gasteiger partial charge in [0.1, 0.15) is 11.6 Å². The molecular formula is C28H37B2F2KN3O7P-2. The number of fused-ring (bicyclic) bond motifs is 2. The van der Waals surface area contributed by atoms with Crippen LogP contribution in [0, 0.1) is 18.6 Å². The maximum atomic E-state index is 15.3. The fraction of sp³-hybridized carbons (Fsp3) is 0.429. The number of halogens is 2. The molecule has 0 radical (unpaired) electrons. The molecule has 2 aliphatic heterocycles. The van der Waals surface area contributed by atoms with Gasteiger partial charge in [-0.2, -0.15) is 12.6 Å². The van der Waals surface area contributed by atoms with E-state index in [1.165, 1.54) is 24.3 Å². The molecule has 2 aliphatic rings. The van der Waals surface area contributed by atoms with Gasteiger partial charge in [-0.1, -0.05) is 25.5 Å². The van der Waals surface area contributed by atoms with Crippen molar-refractivity contribution in [3.8, 4) is 0 Å². The number of carbonyl (C=O) groups is 3. The molecule has 2 aromatic carbocycles. The summed E-state index contributed by atoms with van der Waals surface area (Å²) in [6, 6.07) is 5.48. The number of rotatable bonds is 10. The number of nitrogens with zero attached hydrogens (tertiary/aromatic N) is 1. The smallest absolute Gasteiger partial charge is 1.00 e. The summed E-state index contributed by atoms with van der Waals surface area (Å²) in [5.74, 6) is -4.06. The molecule has 0 atom stereocenters. The van der Waals surface area contributed by atoms with Gasteiger partial charge in [-0.3, -0.25) is 14.4 Å². The molecule has 0 fully saturated rings. The molecule has 4 rings (SSSR count). The fourth-order valence-corrected chi connectivity index (χ4v) is 4.74. The first kappa shape index (κ1) is 38.9. The van der Waals surface area contributed by atoms with Crippen LogP contribution in [0.5, 0.6) is 0 Å². The number of hydrogen-bond donors (Lipinski definition) is 4. The molecule has 2 aromatic rings. The second-order valence-corrected chi connectivity index (χ2v) is 11.4. The Bertz CT molecular complexity index is 1370. The van der Waals surface area contributed by atoms with E-state index in [2.05, 4.69) is 26.8 Å². The number of carbonyl (C=O) groups excluding carboxylic acids is 3. The summed E-state index contributed by atoms with van der Waals surface area (Å²) in [5, 5.41) is 25.2. The molecule has 3 amide bonds. The Kier molecular flexibility index (Phi) is 15.6. The van der Waals surface area contributed by atoms with Gasteiger partial charge in [-0.05, 0) is 37.1 Å². The van der Waals surface area contributed by atoms with Crippen molar-refractivity contribution >= 4 is 52.1 Å². The van der Waals surface area contributed by atoms with Crippen LogP contribution in [0.2, 0.25) is 0 Å². The topological polar surface area (TPSA) is 137 Å². The van der Waals surface area contributed by atoms with E-state index >= 15 is 8.78 Å². The van der Waals surface area contributed by atoms with E-state index in [1.807, 2.05) is 6.92 Å². The van der Waals surface area contributed by atoms with Crippen molar-refractivity contribution in [2.75, 3.05) is 25.8 Å². The molecule has 44 heavy (non-hydrogen) atoms. The molecule has 0 unspecified atom stereocenters. The van der Waals surface area contributed by atoms with Crippen LogP contribution in [0.3, 0.4) is 0 Å². The van der Waals surface area contributed by atoms with E-state index in [0.29, 0.717) is 30.5 Å². The second-order valence-electron chi connectivity index (χ2n) is 10.7. The molecule has 234 valence electrons. The standard InChI is InChI=1S/C26H30B2F2N3O7.C2H6P.K.H/c1-4-5-10-31-19(34)11-33(25(36)18-9-7-16-13-40-28(38)21(16)23(18)30)14-26(2,3)32-24(35)17-8-6-15-12-39-27(37)20(15)22(17)29;1-2-3;;/h6-9,37-38H,1,4-5,10-14H2,2-3H3,(H,31,34)(H,32,35);3H,2H2,1H3;;/q2*-1;+1;-1. The summed E-state index contributed by atoms with van der Waals surface area (Å²) in [4.78, 5) is 40.3. The van der Waals surface area contributed by atoms with Crippen LogP contribution in [-0.2, 0) is 27.3 Å². The second kappa shape index (κ2) is 17.6. The third-order valence-corrected chi connectivity index (χ3v) is 6.71. The number of hydrogen-bond acceptors (Lipinski definition) is 7. The van der Waals surface area contributed by atoms with Crippen molar-refractivity contribution in [2.24, 2.45) is 0 Å². The predicted molar refractivity (Wildman–Crippen MR) is 163 cm³/mol. The first-order valence-corrected chi connectivity index (χ1v) is 14.6. The van der Waals surface area contributed by atoms with Crippen molar-refractivity contribution in [1.82, 2.24) is 15.5 Å². The van der Waals surface area contributed by atoms with Gasteiger partial charge < -0.3 is 52.5 Å². The monoisotopic (exact) mass is 657 g/mol. The number of unbranched alkanes of at least 4 members (excludes halogenated alkanes) is 1. The molecule has 0 aromatic heterocycles. The van der Waals surface area contributed by atoms with Crippen LogP contribution < -0.4 is 72.9 Å². The van der Waals surface area contributed by atoms with E-state index in [4.69, 9.17) is 9.31 Å². The Morgan fingerprint density at radius 3 is 2.07 bits per heavy atom. The zero-order valence-electron chi connectivity index (χ0n) is 26.5. The summed E-state index contributed by atoms with van der Waals surface area (Å²) >= 11 is 0. The van der Waals surface area contributed by atoms with Gasteiger partial charge in [0, 0.05) is 24.0 Å². The van der Waals surface area contributed by atoms with Crippen LogP contribution in [0.1, 0.15) is 66.9 Å². The Balaban J connectivity index is 0.00000195. The molecule has 0 bridgehead atoms. The minimum atomic E-state index is -1.52. The van der Waals surface area contributed by atoms with Crippen LogP contribution in [0.25, 0.3) is 0 Å². The summed E-state index contributed by atoms with van der Waals surface area (Å²) in [6.07, 6.45) is 2.26. The zero-order valence-corrected chi connectivity index (χ0v) is 29.6. The van der Waals surface area contributed by atoms with Crippen molar-refractivity contribution in [3.05, 3.63) is 65.1 Å². The summed E-state index contributed by atoms with van der Waals surface area (Å²) < 4.78 is 40.5. The number of benzene rings is 2. The van der Waals surface area contributed by atoms with E-state index < -0.39 is 55.7 Å². The molecule has 16 heteroatoms. The molecule has 0 saturated heterocycles. The Morgan fingerprint density at radius 1 is 1.05 bits per heavy atom. The Labute approximate surface area is 303 Å². The van der Waals surface area contributed by atoms with Gasteiger partial charge in [-0.25, -0.2) is 8.78 Å². The molecular weight excluding hydrogens is 620 g/mol. The van der Waals surface area contributed by atoms with Crippen LogP contribution in [0.4, 0.5) is 8.78 Å². The average Bonchev–Trinajstić information content (AvgIpc) is 3.51. The van der Waals surface area contributed by atoms with Gasteiger partial charge in [0.15, 0.2) is 0 Å². The van der Waals surface area contributed by atoms with Gasteiger partial charge >= 0.3 is 65.6 Å². The van der Waals surface area contributed by atoms with E-state index in [0.717, 1.165) is 11.1 Å². The third kappa shape index (κ3) is 9.63. The average molecular weight is 657 g/mol. The predicted octanol–water partition coefficient (Wildman–Crippen LogP) is -1.95. The van der Waals surface area contributed by atoms with Crippen molar-refractivity contribution in [2.45, 2.75) is 52.4 Å². The SMILES string of the molecule is CC[PH-].[CH2-]CCCNC(=O)CN(CC(C)(C)NC(=O)c1ccc2c(c1F)B(O)OC2)C(=O)c1ccc2c(c1F)B(O)OC2.[H-].[K+]. The maximum absolute atomic E-state index is 15.3. The zero-order chi connectivity index (χ0) is 31.9. The number of amides is 3. The fourth-order valence-electron chi connectivity index (χ4n) is 4.74. The van der Waals surface area contributed by atoms with E-state index in [1.54, 1.807) is 13.8 Å². The Hall–Kier alpha value is -1.25. The van der Waals surface area contributed by atoms with Crippen LogP contribution >= 0.6 is 9.24 Å². The van der Waals surface area contributed by atoms with E-state index in [-0.39, 0.29) is 94.6 Å². The molecule has 4 N–H and O–H groups in total. The molecule has 10 nitrogen and oxygen atoms in total. The van der Waals surface area contributed by atoms with Crippen molar-refractivity contribution in [3.63, 3.8) is 0 Å². The van der Waals surface area contributed by atoms with Gasteiger partial charge in [0.05, 0.1) is 36.4 Å². The largest absolute Gasteiger partial charge is 1.00 e. The maximum Gasteiger partial charge on any atom is 1.00 e. The summed E-state index contributed by atoms with van der Waals surface area (Å²) in [5.41, 5.74) is -1.37. The molecule has 2 heterocycles. The first-order valence-electron chi connectivity index (χ1n) is 13.9. The van der Waals surface area contributed by atoms with Gasteiger partial charge in [0.2, 0.25) is 5.91 Å². The summed E-state index contributed by atoms with van der Waals surface area (Å²) in [6.45, 7) is 8.49. The number of nitrogens with one attached hydrogen (secondary N) is 2. The van der Waals surface area contributed by atoms with Crippen LogP contribution in [-0.4, -0.2) is 78.2 Å². The minimum Gasteiger partial charge on any atom is -1.00 e. The molecule has 0 aliphatic carbocycles. The normalized spacial score (nSPS) is 13.3.